The summed E-state index contributed by atoms with van der Waals surface area (Å²) in [6, 6.07) is 6.89. The van der Waals surface area contributed by atoms with E-state index in [2.05, 4.69) is 21.7 Å². The first-order valence-electron chi connectivity index (χ1n) is 9.22. The third-order valence-electron chi connectivity index (χ3n) is 5.63. The Hall–Kier alpha value is -1.88. The predicted molar refractivity (Wildman–Crippen MR) is 93.9 cm³/mol. The predicted octanol–water partition coefficient (Wildman–Crippen LogP) is 2.35. The number of nitrogens with zero attached hydrogens (tertiary/aromatic N) is 4. The van der Waals surface area contributed by atoms with E-state index in [1.807, 2.05) is 35.0 Å². The number of pyridine rings is 1. The topological polar surface area (TPSA) is 40.9 Å². The van der Waals surface area contributed by atoms with E-state index < -0.39 is 0 Å². The standard InChI is InChI=1S/C19H26N4O/c1-2-21-11-5-7-16(21)17-8-6-12-23(17)19(24)13-15-14-22-10-4-3-9-18(22)20-15/h3-4,9-10,14,16-17H,2,5-8,11-13H2,1H3/t16-,17-/m1/s1. The van der Waals surface area contributed by atoms with Gasteiger partial charge in [0, 0.05) is 31.0 Å². The van der Waals surface area contributed by atoms with E-state index in [1.54, 1.807) is 0 Å². The van der Waals surface area contributed by atoms with E-state index in [-0.39, 0.29) is 5.91 Å². The highest BCUT2D eigenvalue weighted by molar-refractivity contribution is 5.79. The molecular formula is C19H26N4O. The molecule has 24 heavy (non-hydrogen) atoms. The van der Waals surface area contributed by atoms with Gasteiger partial charge >= 0.3 is 0 Å². The fraction of sp³-hybridized carbons (Fsp3) is 0.579. The molecule has 0 aliphatic carbocycles. The minimum atomic E-state index is 0.240. The van der Waals surface area contributed by atoms with E-state index in [4.69, 9.17) is 0 Å². The highest BCUT2D eigenvalue weighted by Crippen LogP contribution is 2.30. The first-order valence-corrected chi connectivity index (χ1v) is 9.22. The van der Waals surface area contributed by atoms with Gasteiger partial charge in [0.15, 0.2) is 0 Å². The second-order valence-electron chi connectivity index (χ2n) is 7.01. The van der Waals surface area contributed by atoms with Gasteiger partial charge in [-0.3, -0.25) is 9.69 Å². The first-order chi connectivity index (χ1) is 11.8. The van der Waals surface area contributed by atoms with Crippen molar-refractivity contribution >= 4 is 11.6 Å². The van der Waals surface area contributed by atoms with Crippen LogP contribution in [0.2, 0.25) is 0 Å². The molecule has 0 saturated carbocycles. The van der Waals surface area contributed by atoms with Crippen LogP contribution in [0.3, 0.4) is 0 Å². The molecule has 128 valence electrons. The number of imidazole rings is 1. The molecule has 0 N–H and O–H groups in total. The van der Waals surface area contributed by atoms with Crippen LogP contribution in [0.5, 0.6) is 0 Å². The molecule has 0 aromatic carbocycles. The van der Waals surface area contributed by atoms with Gasteiger partial charge in [0.25, 0.3) is 0 Å². The van der Waals surface area contributed by atoms with Gasteiger partial charge in [-0.05, 0) is 50.9 Å². The minimum absolute atomic E-state index is 0.240. The van der Waals surface area contributed by atoms with Gasteiger partial charge in [-0.1, -0.05) is 13.0 Å². The Morgan fingerprint density at radius 1 is 1.21 bits per heavy atom. The molecule has 2 atom stereocenters. The zero-order chi connectivity index (χ0) is 16.5. The Morgan fingerprint density at radius 3 is 2.88 bits per heavy atom. The molecule has 0 radical (unpaired) electrons. The van der Waals surface area contributed by atoms with Crippen molar-refractivity contribution in [2.45, 2.75) is 51.1 Å². The first kappa shape index (κ1) is 15.6. The molecule has 2 aliphatic rings. The summed E-state index contributed by atoms with van der Waals surface area (Å²) in [5.41, 5.74) is 1.78. The summed E-state index contributed by atoms with van der Waals surface area (Å²) in [6.07, 6.45) is 9.16. The normalized spacial score (nSPS) is 25.0. The number of hydrogen-bond acceptors (Lipinski definition) is 3. The lowest BCUT2D eigenvalue weighted by Crippen LogP contribution is -2.48. The second-order valence-corrected chi connectivity index (χ2v) is 7.01. The molecule has 5 heteroatoms. The highest BCUT2D eigenvalue weighted by Gasteiger charge is 2.39. The summed E-state index contributed by atoms with van der Waals surface area (Å²) in [5.74, 6) is 0.240. The Bertz CT molecular complexity index is 692. The van der Waals surface area contributed by atoms with Gasteiger partial charge in [-0.15, -0.1) is 0 Å². The molecule has 1 amide bonds. The fourth-order valence-corrected chi connectivity index (χ4v) is 4.51. The van der Waals surface area contributed by atoms with Gasteiger partial charge in [-0.2, -0.15) is 0 Å². The van der Waals surface area contributed by atoms with Crippen LogP contribution in [0.1, 0.15) is 38.3 Å². The molecule has 0 spiro atoms. The quantitative estimate of drug-likeness (QED) is 0.866. The van der Waals surface area contributed by atoms with Crippen LogP contribution in [-0.4, -0.2) is 56.8 Å². The number of amides is 1. The van der Waals surface area contributed by atoms with Gasteiger partial charge in [0.1, 0.15) is 5.65 Å². The van der Waals surface area contributed by atoms with E-state index >= 15 is 0 Å². The molecule has 2 saturated heterocycles. The molecule has 5 nitrogen and oxygen atoms in total. The molecule has 4 rings (SSSR count). The number of fused-ring (bicyclic) bond motifs is 1. The molecule has 2 aliphatic heterocycles. The average molecular weight is 326 g/mol. The summed E-state index contributed by atoms with van der Waals surface area (Å²) < 4.78 is 1.99. The van der Waals surface area contributed by atoms with E-state index in [1.165, 1.54) is 19.4 Å². The Morgan fingerprint density at radius 2 is 2.04 bits per heavy atom. The summed E-state index contributed by atoms with van der Waals surface area (Å²) in [7, 11) is 0. The molecular weight excluding hydrogens is 300 g/mol. The summed E-state index contributed by atoms with van der Waals surface area (Å²) >= 11 is 0. The van der Waals surface area contributed by atoms with Crippen molar-refractivity contribution in [1.82, 2.24) is 19.2 Å². The third-order valence-corrected chi connectivity index (χ3v) is 5.63. The van der Waals surface area contributed by atoms with Gasteiger partial charge < -0.3 is 9.30 Å². The van der Waals surface area contributed by atoms with Crippen molar-refractivity contribution in [3.63, 3.8) is 0 Å². The van der Waals surface area contributed by atoms with Crippen LogP contribution in [0.25, 0.3) is 5.65 Å². The highest BCUT2D eigenvalue weighted by atomic mass is 16.2. The van der Waals surface area contributed by atoms with Crippen molar-refractivity contribution in [3.05, 3.63) is 36.3 Å². The van der Waals surface area contributed by atoms with Crippen LogP contribution in [0.15, 0.2) is 30.6 Å². The SMILES string of the molecule is CCN1CCC[C@@H]1[C@H]1CCCN1C(=O)Cc1cn2ccccc2n1. The lowest BCUT2D eigenvalue weighted by Gasteiger charge is -2.34. The lowest BCUT2D eigenvalue weighted by molar-refractivity contribution is -0.132. The monoisotopic (exact) mass is 326 g/mol. The molecule has 0 unspecified atom stereocenters. The average Bonchev–Trinajstić information content (AvgIpc) is 3.31. The maximum Gasteiger partial charge on any atom is 0.228 e. The van der Waals surface area contributed by atoms with E-state index in [0.29, 0.717) is 18.5 Å². The number of rotatable bonds is 4. The Balaban J connectivity index is 1.48. The van der Waals surface area contributed by atoms with Crippen LogP contribution < -0.4 is 0 Å². The largest absolute Gasteiger partial charge is 0.338 e. The third kappa shape index (κ3) is 2.81. The molecule has 2 aromatic heterocycles. The van der Waals surface area contributed by atoms with Gasteiger partial charge in [0.2, 0.25) is 5.91 Å². The Labute approximate surface area is 143 Å². The van der Waals surface area contributed by atoms with Crippen molar-refractivity contribution in [2.24, 2.45) is 0 Å². The van der Waals surface area contributed by atoms with Crippen molar-refractivity contribution in [2.75, 3.05) is 19.6 Å². The summed E-state index contributed by atoms with van der Waals surface area (Å²) in [4.78, 5) is 22.2. The van der Waals surface area contributed by atoms with Crippen LogP contribution in [-0.2, 0) is 11.2 Å². The van der Waals surface area contributed by atoms with Crippen LogP contribution in [0, 0.1) is 0 Å². The lowest BCUT2D eigenvalue weighted by atomic mass is 10.0. The minimum Gasteiger partial charge on any atom is -0.338 e. The van der Waals surface area contributed by atoms with E-state index in [0.717, 1.165) is 37.3 Å². The van der Waals surface area contributed by atoms with E-state index in [9.17, 15) is 4.79 Å². The van der Waals surface area contributed by atoms with Gasteiger partial charge in [0.05, 0.1) is 12.1 Å². The smallest absolute Gasteiger partial charge is 0.228 e. The maximum absolute atomic E-state index is 12.9. The van der Waals surface area contributed by atoms with Gasteiger partial charge in [-0.25, -0.2) is 4.98 Å². The number of aromatic nitrogens is 2. The number of hydrogen-bond donors (Lipinski definition) is 0. The molecule has 4 heterocycles. The number of carbonyl (C=O) groups excluding carboxylic acids is 1. The zero-order valence-corrected chi connectivity index (χ0v) is 14.4. The van der Waals surface area contributed by atoms with Crippen molar-refractivity contribution < 1.29 is 4.79 Å². The number of likely N-dealkylation sites (N-methyl/N-ethyl adjacent to an activating group) is 1. The molecule has 2 aromatic rings. The maximum atomic E-state index is 12.9. The zero-order valence-electron chi connectivity index (χ0n) is 14.4. The summed E-state index contributed by atoms with van der Waals surface area (Å²) in [5, 5.41) is 0. The number of likely N-dealkylation sites (tertiary alicyclic amines) is 2. The number of carbonyl (C=O) groups is 1. The fourth-order valence-electron chi connectivity index (χ4n) is 4.51. The van der Waals surface area contributed by atoms with Crippen LogP contribution >= 0.6 is 0 Å². The van der Waals surface area contributed by atoms with Crippen molar-refractivity contribution in [1.29, 1.82) is 0 Å². The molecule has 2 fully saturated rings. The van der Waals surface area contributed by atoms with Crippen LogP contribution in [0.4, 0.5) is 0 Å². The second kappa shape index (κ2) is 6.55. The molecule has 0 bridgehead atoms. The Kier molecular flexibility index (Phi) is 4.27. The van der Waals surface area contributed by atoms with Crippen molar-refractivity contribution in [3.8, 4) is 0 Å². The summed E-state index contributed by atoms with van der Waals surface area (Å²) in [6.45, 7) is 5.42.